The Labute approximate surface area is 110 Å². The molecule has 1 aromatic carbocycles. The molecule has 0 spiro atoms. The van der Waals surface area contributed by atoms with Crippen LogP contribution in [0.5, 0.6) is 0 Å². The van der Waals surface area contributed by atoms with Gasteiger partial charge in [-0.25, -0.2) is 0 Å². The van der Waals surface area contributed by atoms with Crippen LogP contribution in [-0.4, -0.2) is 44.3 Å². The number of benzene rings is 1. The van der Waals surface area contributed by atoms with Crippen LogP contribution in [0.4, 0.5) is 5.69 Å². The number of likely N-dealkylation sites (N-methyl/N-ethyl adjacent to an activating group) is 1. The number of Topliss-reactive ketones (excluding diaryl/α,β-unsaturated/α-hetero) is 1. The highest BCUT2D eigenvalue weighted by atomic mass is 16.2. The van der Waals surface area contributed by atoms with Gasteiger partial charge in [0.25, 0.3) is 0 Å². The molecule has 0 bridgehead atoms. The SMILES string of the molecule is CNCC(=O)c1ccccc1N1CC(=O)NC(=O)C1. The van der Waals surface area contributed by atoms with Gasteiger partial charge >= 0.3 is 0 Å². The standard InChI is InChI=1S/C13H15N3O3/c1-14-6-11(17)9-4-2-3-5-10(9)16-7-12(18)15-13(19)8-16/h2-5,14H,6-8H2,1H3,(H,15,18,19). The van der Waals surface area contributed by atoms with Crippen molar-refractivity contribution < 1.29 is 14.4 Å². The first-order valence-electron chi connectivity index (χ1n) is 5.96. The van der Waals surface area contributed by atoms with Gasteiger partial charge in [0, 0.05) is 11.3 Å². The van der Waals surface area contributed by atoms with E-state index in [2.05, 4.69) is 10.6 Å². The van der Waals surface area contributed by atoms with Crippen LogP contribution in [0, 0.1) is 0 Å². The number of carbonyl (C=O) groups is 3. The quantitative estimate of drug-likeness (QED) is 0.567. The predicted octanol–water partition coefficient (Wildman–Crippen LogP) is -0.448. The fraction of sp³-hybridized carbons (Fsp3) is 0.308. The molecule has 6 heteroatoms. The van der Waals surface area contributed by atoms with Crippen LogP contribution in [0.25, 0.3) is 0 Å². The van der Waals surface area contributed by atoms with Gasteiger partial charge in [-0.3, -0.25) is 19.7 Å². The topological polar surface area (TPSA) is 78.5 Å². The molecule has 2 N–H and O–H groups in total. The summed E-state index contributed by atoms with van der Waals surface area (Å²) in [5.74, 6) is -0.782. The van der Waals surface area contributed by atoms with E-state index in [1.54, 1.807) is 36.2 Å². The molecule has 1 aromatic rings. The van der Waals surface area contributed by atoms with E-state index >= 15 is 0 Å². The molecule has 6 nitrogen and oxygen atoms in total. The fourth-order valence-electron chi connectivity index (χ4n) is 2.05. The summed E-state index contributed by atoms with van der Waals surface area (Å²) < 4.78 is 0. The van der Waals surface area contributed by atoms with Crippen molar-refractivity contribution in [3.63, 3.8) is 0 Å². The molecule has 0 unspecified atom stereocenters. The number of hydrogen-bond donors (Lipinski definition) is 2. The third-order valence-corrected chi connectivity index (χ3v) is 2.83. The van der Waals surface area contributed by atoms with Crippen molar-refractivity contribution in [2.24, 2.45) is 0 Å². The largest absolute Gasteiger partial charge is 0.352 e. The number of nitrogens with one attached hydrogen (secondary N) is 2. The molecule has 0 aromatic heterocycles. The summed E-state index contributed by atoms with van der Waals surface area (Å²) in [5, 5.41) is 5.04. The van der Waals surface area contributed by atoms with E-state index in [4.69, 9.17) is 0 Å². The Bertz CT molecular complexity index is 512. The minimum Gasteiger partial charge on any atom is -0.352 e. The van der Waals surface area contributed by atoms with Gasteiger partial charge in [-0.05, 0) is 19.2 Å². The lowest BCUT2D eigenvalue weighted by Crippen LogP contribution is -2.51. The van der Waals surface area contributed by atoms with Crippen LogP contribution in [0.2, 0.25) is 0 Å². The number of ketones is 1. The van der Waals surface area contributed by atoms with Crippen molar-refractivity contribution in [3.05, 3.63) is 29.8 Å². The number of para-hydroxylation sites is 1. The van der Waals surface area contributed by atoms with Gasteiger partial charge in [-0.15, -0.1) is 0 Å². The van der Waals surface area contributed by atoms with Crippen molar-refractivity contribution in [3.8, 4) is 0 Å². The summed E-state index contributed by atoms with van der Waals surface area (Å²) >= 11 is 0. The number of piperazine rings is 1. The zero-order chi connectivity index (χ0) is 13.8. The van der Waals surface area contributed by atoms with E-state index < -0.39 is 0 Å². The van der Waals surface area contributed by atoms with Crippen LogP contribution >= 0.6 is 0 Å². The first kappa shape index (κ1) is 13.2. The van der Waals surface area contributed by atoms with Crippen molar-refractivity contribution in [1.82, 2.24) is 10.6 Å². The van der Waals surface area contributed by atoms with E-state index in [9.17, 15) is 14.4 Å². The molecule has 0 aliphatic carbocycles. The van der Waals surface area contributed by atoms with Gasteiger partial charge in [-0.2, -0.15) is 0 Å². The molecule has 0 saturated carbocycles. The highest BCUT2D eigenvalue weighted by Gasteiger charge is 2.25. The third-order valence-electron chi connectivity index (χ3n) is 2.83. The molecular formula is C13H15N3O3. The lowest BCUT2D eigenvalue weighted by atomic mass is 10.1. The van der Waals surface area contributed by atoms with Crippen LogP contribution < -0.4 is 15.5 Å². The van der Waals surface area contributed by atoms with Crippen LogP contribution in [-0.2, 0) is 9.59 Å². The van der Waals surface area contributed by atoms with E-state index in [1.165, 1.54) is 0 Å². The number of hydrogen-bond acceptors (Lipinski definition) is 5. The number of rotatable bonds is 4. The fourth-order valence-corrected chi connectivity index (χ4v) is 2.05. The van der Waals surface area contributed by atoms with E-state index in [0.29, 0.717) is 11.3 Å². The first-order valence-corrected chi connectivity index (χ1v) is 5.96. The van der Waals surface area contributed by atoms with Crippen LogP contribution in [0.1, 0.15) is 10.4 Å². The highest BCUT2D eigenvalue weighted by molar-refractivity contribution is 6.06. The molecule has 1 fully saturated rings. The molecule has 19 heavy (non-hydrogen) atoms. The van der Waals surface area contributed by atoms with Gasteiger partial charge in [0.05, 0.1) is 19.6 Å². The van der Waals surface area contributed by atoms with Gasteiger partial charge in [0.2, 0.25) is 11.8 Å². The lowest BCUT2D eigenvalue weighted by molar-refractivity contribution is -0.130. The normalized spacial score (nSPS) is 15.3. The summed E-state index contributed by atoms with van der Waals surface area (Å²) in [7, 11) is 1.69. The lowest BCUT2D eigenvalue weighted by Gasteiger charge is -2.28. The molecule has 2 rings (SSSR count). The summed E-state index contributed by atoms with van der Waals surface area (Å²) in [4.78, 5) is 36.4. The Kier molecular flexibility index (Phi) is 3.91. The number of anilines is 1. The number of carbonyl (C=O) groups excluding carboxylic acids is 3. The number of imide groups is 1. The maximum absolute atomic E-state index is 12.0. The average molecular weight is 261 g/mol. The summed E-state index contributed by atoms with van der Waals surface area (Å²) in [5.41, 5.74) is 1.13. The number of nitrogens with zero attached hydrogens (tertiary/aromatic N) is 1. The second-order valence-corrected chi connectivity index (χ2v) is 4.30. The molecule has 0 radical (unpaired) electrons. The first-order chi connectivity index (χ1) is 9.11. The predicted molar refractivity (Wildman–Crippen MR) is 70.1 cm³/mol. The minimum absolute atomic E-state index is 0.0727. The molecule has 100 valence electrons. The Balaban J connectivity index is 2.31. The molecule has 0 atom stereocenters. The van der Waals surface area contributed by atoms with Crippen molar-refractivity contribution in [1.29, 1.82) is 0 Å². The third kappa shape index (κ3) is 2.97. The zero-order valence-corrected chi connectivity index (χ0v) is 10.6. The Morgan fingerprint density at radius 1 is 1.26 bits per heavy atom. The Morgan fingerprint density at radius 3 is 2.53 bits per heavy atom. The van der Waals surface area contributed by atoms with Gasteiger partial charge in [-0.1, -0.05) is 12.1 Å². The summed E-state index contributed by atoms with van der Waals surface area (Å²) in [6.45, 7) is 0.371. The van der Waals surface area contributed by atoms with Gasteiger partial charge in [0.15, 0.2) is 5.78 Å². The van der Waals surface area contributed by atoms with Crippen molar-refractivity contribution in [2.45, 2.75) is 0 Å². The zero-order valence-electron chi connectivity index (χ0n) is 10.6. The summed E-state index contributed by atoms with van der Waals surface area (Å²) in [6.07, 6.45) is 0. The molecular weight excluding hydrogens is 246 g/mol. The van der Waals surface area contributed by atoms with E-state index in [-0.39, 0.29) is 37.2 Å². The Hall–Kier alpha value is -2.21. The average Bonchev–Trinajstić information content (AvgIpc) is 2.38. The molecule has 1 aliphatic rings. The maximum atomic E-state index is 12.0. The molecule has 1 heterocycles. The molecule has 2 amide bonds. The van der Waals surface area contributed by atoms with E-state index in [1.807, 2.05) is 0 Å². The van der Waals surface area contributed by atoms with Crippen LogP contribution in [0.3, 0.4) is 0 Å². The smallest absolute Gasteiger partial charge is 0.246 e. The second kappa shape index (κ2) is 5.62. The molecule has 1 aliphatic heterocycles. The van der Waals surface area contributed by atoms with Gasteiger partial charge in [0.1, 0.15) is 0 Å². The van der Waals surface area contributed by atoms with Crippen LogP contribution in [0.15, 0.2) is 24.3 Å². The monoisotopic (exact) mass is 261 g/mol. The van der Waals surface area contributed by atoms with Gasteiger partial charge < -0.3 is 10.2 Å². The maximum Gasteiger partial charge on any atom is 0.246 e. The van der Waals surface area contributed by atoms with Crippen molar-refractivity contribution in [2.75, 3.05) is 31.6 Å². The number of amides is 2. The second-order valence-electron chi connectivity index (χ2n) is 4.30. The summed E-state index contributed by atoms with van der Waals surface area (Å²) in [6, 6.07) is 6.99. The molecule has 1 saturated heterocycles. The highest BCUT2D eigenvalue weighted by Crippen LogP contribution is 2.21. The van der Waals surface area contributed by atoms with Crippen molar-refractivity contribution >= 4 is 23.3 Å². The Morgan fingerprint density at radius 2 is 1.89 bits per heavy atom. The minimum atomic E-state index is -0.355. The van der Waals surface area contributed by atoms with E-state index in [0.717, 1.165) is 0 Å².